The van der Waals surface area contributed by atoms with Crippen molar-refractivity contribution in [3.63, 3.8) is 0 Å². The predicted molar refractivity (Wildman–Crippen MR) is 62.5 cm³/mol. The second kappa shape index (κ2) is 4.30. The predicted octanol–water partition coefficient (Wildman–Crippen LogP) is 0.659. The summed E-state index contributed by atoms with van der Waals surface area (Å²) in [6.07, 6.45) is 2.91. The molecule has 1 N–H and O–H groups in total. The van der Waals surface area contributed by atoms with Crippen LogP contribution in [0.15, 0.2) is 28.2 Å². The van der Waals surface area contributed by atoms with Gasteiger partial charge in [0, 0.05) is 5.71 Å². The van der Waals surface area contributed by atoms with Crippen molar-refractivity contribution in [1.82, 2.24) is 15.0 Å². The summed E-state index contributed by atoms with van der Waals surface area (Å²) in [6, 6.07) is 0. The molecule has 0 aromatic carbocycles. The second-order valence-electron chi connectivity index (χ2n) is 3.30. The summed E-state index contributed by atoms with van der Waals surface area (Å²) in [5.41, 5.74) is 3.23. The average molecular weight is 279 g/mol. The maximum atomic E-state index is 11.6. The van der Waals surface area contributed by atoms with Crippen molar-refractivity contribution in [1.29, 1.82) is 0 Å². The molecule has 2 aliphatic heterocycles. The highest BCUT2D eigenvalue weighted by atomic mass is 35.5. The fourth-order valence-electron chi connectivity index (χ4n) is 1.35. The largest absolute Gasteiger partial charge is 0.377 e. The molecule has 94 valence electrons. The molecule has 0 unspecified atom stereocenters. The van der Waals surface area contributed by atoms with Gasteiger partial charge in [0.15, 0.2) is 5.82 Å². The third-order valence-electron chi connectivity index (χ3n) is 2.00. The van der Waals surface area contributed by atoms with Crippen LogP contribution >= 0.6 is 11.6 Å². The molecule has 2 heterocycles. The van der Waals surface area contributed by atoms with Crippen molar-refractivity contribution in [2.75, 3.05) is 6.61 Å². The van der Waals surface area contributed by atoms with Crippen LogP contribution < -0.4 is 5.53 Å². The first-order valence-corrected chi connectivity index (χ1v) is 6.58. The lowest BCUT2D eigenvalue weighted by Gasteiger charge is -2.23. The van der Waals surface area contributed by atoms with Crippen LogP contribution in [0.1, 0.15) is 13.8 Å². The van der Waals surface area contributed by atoms with E-state index in [2.05, 4.69) is 14.7 Å². The number of hydrazine groups is 2. The Morgan fingerprint density at radius 1 is 1.59 bits per heavy atom. The number of hydrogen-bond acceptors (Lipinski definition) is 6. The van der Waals surface area contributed by atoms with Crippen LogP contribution in [0.5, 0.6) is 0 Å². The van der Waals surface area contributed by atoms with Gasteiger partial charge in [-0.15, -0.1) is 5.53 Å². The van der Waals surface area contributed by atoms with E-state index in [1.54, 1.807) is 19.9 Å². The van der Waals surface area contributed by atoms with Gasteiger partial charge < -0.3 is 0 Å². The van der Waals surface area contributed by atoms with E-state index < -0.39 is 10.3 Å². The number of nitrogens with zero attached hydrogens (tertiary/aromatic N) is 3. The monoisotopic (exact) mass is 278 g/mol. The van der Waals surface area contributed by atoms with Crippen molar-refractivity contribution in [3.05, 3.63) is 23.3 Å². The lowest BCUT2D eigenvalue weighted by molar-refractivity contribution is 0.211. The molecule has 0 saturated heterocycles. The Kier molecular flexibility index (Phi) is 3.13. The summed E-state index contributed by atoms with van der Waals surface area (Å²) in [5, 5.41) is 1.67. The molecule has 2 aliphatic rings. The number of rotatable bonds is 3. The van der Waals surface area contributed by atoms with E-state index in [4.69, 9.17) is 11.6 Å². The van der Waals surface area contributed by atoms with Gasteiger partial charge in [-0.3, -0.25) is 4.18 Å². The van der Waals surface area contributed by atoms with Gasteiger partial charge >= 0.3 is 10.3 Å². The van der Waals surface area contributed by atoms with Crippen molar-refractivity contribution < 1.29 is 12.6 Å². The Balaban J connectivity index is 2.28. The Labute approximate surface area is 104 Å². The highest BCUT2D eigenvalue weighted by molar-refractivity contribution is 7.84. The molecule has 0 spiro atoms. The van der Waals surface area contributed by atoms with Crippen LogP contribution in [0.2, 0.25) is 0 Å². The summed E-state index contributed by atoms with van der Waals surface area (Å²) in [6.45, 7) is 3.40. The van der Waals surface area contributed by atoms with Gasteiger partial charge in [0.05, 0.1) is 12.8 Å². The molecule has 0 aliphatic carbocycles. The Hall–Kier alpha value is -1.09. The number of allylic oxidation sites excluding steroid dienone is 1. The Morgan fingerprint density at radius 2 is 2.29 bits per heavy atom. The third kappa shape index (κ3) is 2.29. The zero-order valence-electron chi connectivity index (χ0n) is 9.21. The smallest absolute Gasteiger partial charge is 0.253 e. The molecule has 0 bridgehead atoms. The summed E-state index contributed by atoms with van der Waals surface area (Å²) >= 11 is 5.95. The van der Waals surface area contributed by atoms with Gasteiger partial charge in [0.25, 0.3) is 0 Å². The Bertz CT molecular complexity index is 525. The number of fused-ring (bicyclic) bond motifs is 1. The zero-order valence-corrected chi connectivity index (χ0v) is 10.8. The minimum absolute atomic E-state index is 0.0511. The van der Waals surface area contributed by atoms with Gasteiger partial charge in [0.1, 0.15) is 5.16 Å². The molecule has 0 aromatic heterocycles. The van der Waals surface area contributed by atoms with Crippen LogP contribution in [0, 0.1) is 0 Å². The van der Waals surface area contributed by atoms with E-state index in [9.17, 15) is 8.42 Å². The van der Waals surface area contributed by atoms with E-state index in [1.807, 2.05) is 0 Å². The van der Waals surface area contributed by atoms with Gasteiger partial charge in [0.2, 0.25) is 0 Å². The first-order chi connectivity index (χ1) is 7.94. The van der Waals surface area contributed by atoms with Crippen molar-refractivity contribution in [3.8, 4) is 0 Å². The molecule has 0 atom stereocenters. The van der Waals surface area contributed by atoms with Crippen LogP contribution in [0.25, 0.3) is 0 Å². The van der Waals surface area contributed by atoms with Crippen LogP contribution in [0.3, 0.4) is 0 Å². The molecule has 7 nitrogen and oxygen atoms in total. The molecule has 0 saturated carbocycles. The molecule has 9 heteroatoms. The fraction of sp³-hybridized carbons (Fsp3) is 0.375. The van der Waals surface area contributed by atoms with E-state index >= 15 is 0 Å². The first-order valence-electron chi connectivity index (χ1n) is 4.83. The summed E-state index contributed by atoms with van der Waals surface area (Å²) in [4.78, 5) is 4.14. The van der Waals surface area contributed by atoms with Crippen LogP contribution in [0.4, 0.5) is 0 Å². The van der Waals surface area contributed by atoms with E-state index in [0.29, 0.717) is 16.7 Å². The van der Waals surface area contributed by atoms with Crippen LogP contribution in [-0.4, -0.2) is 30.2 Å². The second-order valence-corrected chi connectivity index (χ2v) is 5.17. The normalized spacial score (nSPS) is 19.8. The maximum absolute atomic E-state index is 11.6. The minimum atomic E-state index is -3.86. The lowest BCUT2D eigenvalue weighted by Crippen LogP contribution is -2.43. The van der Waals surface area contributed by atoms with Gasteiger partial charge in [-0.05, 0) is 19.9 Å². The van der Waals surface area contributed by atoms with E-state index in [1.165, 1.54) is 11.2 Å². The summed E-state index contributed by atoms with van der Waals surface area (Å²) in [7, 11) is -3.86. The third-order valence-corrected chi connectivity index (χ3v) is 3.48. The molecular formula is C8H11ClN4O3S. The quantitative estimate of drug-likeness (QED) is 0.768. The van der Waals surface area contributed by atoms with Gasteiger partial charge in [-0.1, -0.05) is 11.6 Å². The molecule has 0 fully saturated rings. The zero-order chi connectivity index (χ0) is 12.6. The van der Waals surface area contributed by atoms with Crippen LogP contribution in [-0.2, 0) is 14.5 Å². The molecule has 0 aromatic rings. The Morgan fingerprint density at radius 3 is 2.94 bits per heavy atom. The molecule has 0 amide bonds. The van der Waals surface area contributed by atoms with Crippen molar-refractivity contribution >= 4 is 27.6 Å². The first kappa shape index (κ1) is 12.4. The van der Waals surface area contributed by atoms with E-state index in [-0.39, 0.29) is 6.61 Å². The number of aliphatic imine (C=N–C) groups is 1. The molecule has 17 heavy (non-hydrogen) atoms. The summed E-state index contributed by atoms with van der Waals surface area (Å²) < 4.78 is 28.7. The average Bonchev–Trinajstić information content (AvgIpc) is 2.62. The highest BCUT2D eigenvalue weighted by Gasteiger charge is 2.32. The highest BCUT2D eigenvalue weighted by Crippen LogP contribution is 2.26. The SMILES string of the molecule is CCOS(=O)(=O)N1C=C2N=C(C)C=C(Cl)N2N1. The van der Waals surface area contributed by atoms with Gasteiger partial charge in [-0.2, -0.15) is 12.8 Å². The fourth-order valence-corrected chi connectivity index (χ4v) is 2.45. The van der Waals surface area contributed by atoms with Crippen molar-refractivity contribution in [2.45, 2.75) is 13.8 Å². The standard InChI is InChI=1S/C8H11ClN4O3S/c1-3-16-17(14,15)12-5-8-10-6(2)4-7(9)13(8)11-12/h4-5,11H,3H2,1-2H3. The number of hydrogen-bond donors (Lipinski definition) is 1. The maximum Gasteiger partial charge on any atom is 0.377 e. The van der Waals surface area contributed by atoms with Gasteiger partial charge in [-0.25, -0.2) is 10.0 Å². The molecular weight excluding hydrogens is 268 g/mol. The topological polar surface area (TPSA) is 74.2 Å². The van der Waals surface area contributed by atoms with E-state index in [0.717, 1.165) is 4.41 Å². The minimum Gasteiger partial charge on any atom is -0.253 e. The lowest BCUT2D eigenvalue weighted by atomic mass is 10.3. The number of halogens is 1. The summed E-state index contributed by atoms with van der Waals surface area (Å²) in [5.74, 6) is 0.387. The van der Waals surface area contributed by atoms with Crippen molar-refractivity contribution in [2.24, 2.45) is 4.99 Å². The molecule has 2 rings (SSSR count). The number of nitrogens with one attached hydrogen (secondary N) is 1. The molecule has 0 radical (unpaired) electrons.